The Labute approximate surface area is 195 Å². The number of carbonyl (C=O) groups excluding carboxylic acids is 1. The van der Waals surface area contributed by atoms with Crippen molar-refractivity contribution in [1.29, 1.82) is 0 Å². The fourth-order valence-corrected chi connectivity index (χ4v) is 4.23. The highest BCUT2D eigenvalue weighted by atomic mass is 32.2. The lowest BCUT2D eigenvalue weighted by Gasteiger charge is -2.20. The van der Waals surface area contributed by atoms with Crippen LogP contribution in [0.1, 0.15) is 18.1 Å². The molecule has 0 heterocycles. The number of hydrogen-bond donors (Lipinski definition) is 1. The molecule has 3 rings (SSSR count). The smallest absolute Gasteiger partial charge is 0.264 e. The highest BCUT2D eigenvalue weighted by molar-refractivity contribution is 7.92. The third-order valence-electron chi connectivity index (χ3n) is 4.97. The van der Waals surface area contributed by atoms with Gasteiger partial charge < -0.3 is 14.8 Å². The van der Waals surface area contributed by atoms with Crippen LogP contribution in [0.3, 0.4) is 0 Å². The van der Waals surface area contributed by atoms with Crippen LogP contribution in [0, 0.1) is 6.92 Å². The van der Waals surface area contributed by atoms with Gasteiger partial charge >= 0.3 is 0 Å². The molecule has 0 atom stereocenters. The van der Waals surface area contributed by atoms with Crippen molar-refractivity contribution >= 4 is 21.6 Å². The Morgan fingerprint density at radius 1 is 0.879 bits per heavy atom. The molecule has 0 radical (unpaired) electrons. The molecule has 8 heteroatoms. The third-order valence-corrected chi connectivity index (χ3v) is 6.77. The molecule has 1 N–H and O–H groups in total. The summed E-state index contributed by atoms with van der Waals surface area (Å²) in [5, 5.41) is 2.81. The van der Waals surface area contributed by atoms with Crippen molar-refractivity contribution in [1.82, 2.24) is 5.32 Å². The van der Waals surface area contributed by atoms with E-state index in [0.717, 1.165) is 11.1 Å². The number of anilines is 1. The molecule has 0 bridgehead atoms. The van der Waals surface area contributed by atoms with Crippen molar-refractivity contribution in [2.45, 2.75) is 25.3 Å². The molecule has 7 nitrogen and oxygen atoms in total. The molecule has 0 aliphatic rings. The second-order valence-corrected chi connectivity index (χ2v) is 9.39. The Hall–Kier alpha value is -3.52. The lowest BCUT2D eigenvalue weighted by molar-refractivity contribution is -0.123. The molecular formula is C25H28N2O5S. The molecule has 0 unspecified atom stereocenters. The van der Waals surface area contributed by atoms with Gasteiger partial charge in [0.2, 0.25) is 0 Å². The summed E-state index contributed by atoms with van der Waals surface area (Å²) in [6, 6.07) is 20.7. The van der Waals surface area contributed by atoms with E-state index in [0.29, 0.717) is 30.3 Å². The second kappa shape index (κ2) is 10.9. The van der Waals surface area contributed by atoms with Crippen LogP contribution in [0.15, 0.2) is 77.7 Å². The molecule has 0 saturated heterocycles. The van der Waals surface area contributed by atoms with E-state index in [9.17, 15) is 13.2 Å². The first-order valence-electron chi connectivity index (χ1n) is 10.6. The number of rotatable bonds is 10. The van der Waals surface area contributed by atoms with Gasteiger partial charge in [-0.3, -0.25) is 9.10 Å². The molecule has 33 heavy (non-hydrogen) atoms. The molecule has 0 fully saturated rings. The molecule has 0 saturated carbocycles. The Morgan fingerprint density at radius 3 is 2.06 bits per heavy atom. The van der Waals surface area contributed by atoms with E-state index in [1.807, 2.05) is 38.1 Å². The Morgan fingerprint density at radius 2 is 1.45 bits per heavy atom. The second-order valence-electron chi connectivity index (χ2n) is 7.42. The summed E-state index contributed by atoms with van der Waals surface area (Å²) in [6.45, 7) is 4.68. The van der Waals surface area contributed by atoms with Gasteiger partial charge in [-0.05, 0) is 67.9 Å². The molecule has 174 valence electrons. The average Bonchev–Trinajstić information content (AvgIpc) is 2.83. The van der Waals surface area contributed by atoms with Crippen molar-refractivity contribution < 1.29 is 22.7 Å². The van der Waals surface area contributed by atoms with E-state index >= 15 is 0 Å². The van der Waals surface area contributed by atoms with Crippen LogP contribution in [0.25, 0.3) is 0 Å². The predicted octanol–water partition coefficient (Wildman–Crippen LogP) is 3.91. The average molecular weight is 469 g/mol. The molecular weight excluding hydrogens is 440 g/mol. The SMILES string of the molecule is CCOc1ccc(S(=O)(=O)N(C)c2ccc(OCC(=O)NCc3ccc(C)cc3)cc2)cc1. The lowest BCUT2D eigenvalue weighted by Crippen LogP contribution is -2.28. The lowest BCUT2D eigenvalue weighted by atomic mass is 10.1. The number of carbonyl (C=O) groups is 1. The first kappa shape index (κ1) is 24.1. The standard InChI is InChI=1S/C25H28N2O5S/c1-4-31-22-13-15-24(16-14-22)33(29,30)27(3)21-9-11-23(12-10-21)32-18-25(28)26-17-20-7-5-19(2)6-8-20/h5-16H,4,17-18H2,1-3H3,(H,26,28). The fraction of sp³-hybridized carbons (Fsp3) is 0.240. The zero-order valence-electron chi connectivity index (χ0n) is 18.9. The zero-order valence-corrected chi connectivity index (χ0v) is 19.8. The summed E-state index contributed by atoms with van der Waals surface area (Å²) in [6.07, 6.45) is 0. The van der Waals surface area contributed by atoms with Gasteiger partial charge in [0, 0.05) is 13.6 Å². The number of amides is 1. The zero-order chi connectivity index (χ0) is 23.8. The normalized spacial score (nSPS) is 11.0. The monoisotopic (exact) mass is 468 g/mol. The number of aryl methyl sites for hydroxylation is 1. The summed E-state index contributed by atoms with van der Waals surface area (Å²) < 4.78 is 37.9. The first-order chi connectivity index (χ1) is 15.8. The van der Waals surface area contributed by atoms with Crippen molar-refractivity contribution in [3.8, 4) is 11.5 Å². The van der Waals surface area contributed by atoms with E-state index in [-0.39, 0.29) is 17.4 Å². The number of benzene rings is 3. The summed E-state index contributed by atoms with van der Waals surface area (Å²) in [5.41, 5.74) is 2.64. The first-order valence-corrected chi connectivity index (χ1v) is 12.0. The minimum absolute atomic E-state index is 0.133. The highest BCUT2D eigenvalue weighted by Gasteiger charge is 2.21. The van der Waals surface area contributed by atoms with Gasteiger partial charge in [-0.1, -0.05) is 29.8 Å². The van der Waals surface area contributed by atoms with Gasteiger partial charge in [0.1, 0.15) is 11.5 Å². The maximum absolute atomic E-state index is 12.9. The Balaban J connectivity index is 1.55. The maximum Gasteiger partial charge on any atom is 0.264 e. The molecule has 0 aliphatic carbocycles. The summed E-state index contributed by atoms with van der Waals surface area (Å²) in [4.78, 5) is 12.2. The van der Waals surface area contributed by atoms with E-state index in [2.05, 4.69) is 5.32 Å². The van der Waals surface area contributed by atoms with Crippen LogP contribution >= 0.6 is 0 Å². The van der Waals surface area contributed by atoms with E-state index in [4.69, 9.17) is 9.47 Å². The summed E-state index contributed by atoms with van der Waals surface area (Å²) in [5.74, 6) is 0.842. The van der Waals surface area contributed by atoms with Crippen LogP contribution in [0.2, 0.25) is 0 Å². The molecule has 3 aromatic carbocycles. The number of nitrogens with zero attached hydrogens (tertiary/aromatic N) is 1. The van der Waals surface area contributed by atoms with Gasteiger partial charge in [0.15, 0.2) is 6.61 Å². The minimum atomic E-state index is -3.73. The van der Waals surface area contributed by atoms with E-state index in [1.165, 1.54) is 23.5 Å². The van der Waals surface area contributed by atoms with Crippen molar-refractivity contribution in [3.63, 3.8) is 0 Å². The minimum Gasteiger partial charge on any atom is -0.494 e. The van der Waals surface area contributed by atoms with Gasteiger partial charge in [-0.2, -0.15) is 0 Å². The van der Waals surface area contributed by atoms with E-state index < -0.39 is 10.0 Å². The number of sulfonamides is 1. The van der Waals surface area contributed by atoms with Crippen molar-refractivity contribution in [3.05, 3.63) is 83.9 Å². The Kier molecular flexibility index (Phi) is 7.95. The Bertz CT molecular complexity index is 1160. The van der Waals surface area contributed by atoms with Crippen LogP contribution in [-0.2, 0) is 21.4 Å². The fourth-order valence-electron chi connectivity index (χ4n) is 3.03. The number of ether oxygens (including phenoxy) is 2. The van der Waals surface area contributed by atoms with Crippen LogP contribution in [-0.4, -0.2) is 34.6 Å². The molecule has 0 spiro atoms. The van der Waals surface area contributed by atoms with Crippen LogP contribution < -0.4 is 19.1 Å². The molecule has 1 amide bonds. The summed E-state index contributed by atoms with van der Waals surface area (Å²) >= 11 is 0. The topological polar surface area (TPSA) is 84.9 Å². The highest BCUT2D eigenvalue weighted by Crippen LogP contribution is 2.25. The van der Waals surface area contributed by atoms with Gasteiger partial charge in [-0.25, -0.2) is 8.42 Å². The van der Waals surface area contributed by atoms with Gasteiger partial charge in [0.05, 0.1) is 17.2 Å². The van der Waals surface area contributed by atoms with Crippen molar-refractivity contribution in [2.24, 2.45) is 0 Å². The van der Waals surface area contributed by atoms with Crippen molar-refractivity contribution in [2.75, 3.05) is 24.6 Å². The van der Waals surface area contributed by atoms with Crippen LogP contribution in [0.5, 0.6) is 11.5 Å². The summed E-state index contributed by atoms with van der Waals surface area (Å²) in [7, 11) is -2.24. The van der Waals surface area contributed by atoms with E-state index in [1.54, 1.807) is 36.4 Å². The largest absolute Gasteiger partial charge is 0.494 e. The van der Waals surface area contributed by atoms with Gasteiger partial charge in [0.25, 0.3) is 15.9 Å². The molecule has 0 aliphatic heterocycles. The third kappa shape index (κ3) is 6.49. The number of nitrogens with one attached hydrogen (secondary N) is 1. The number of hydrogen-bond acceptors (Lipinski definition) is 5. The van der Waals surface area contributed by atoms with Crippen LogP contribution in [0.4, 0.5) is 5.69 Å². The predicted molar refractivity (Wildman–Crippen MR) is 128 cm³/mol. The maximum atomic E-state index is 12.9. The molecule has 3 aromatic rings. The quantitative estimate of drug-likeness (QED) is 0.488. The molecule has 0 aromatic heterocycles. The van der Waals surface area contributed by atoms with Gasteiger partial charge in [-0.15, -0.1) is 0 Å².